The zero-order valence-corrected chi connectivity index (χ0v) is 12.7. The van der Waals surface area contributed by atoms with Gasteiger partial charge in [0.25, 0.3) is 0 Å². The predicted octanol–water partition coefficient (Wildman–Crippen LogP) is 4.20. The minimum atomic E-state index is 0.113. The first-order valence-electron chi connectivity index (χ1n) is 6.76. The van der Waals surface area contributed by atoms with Gasteiger partial charge in [0.15, 0.2) is 5.78 Å². The molecule has 0 atom stereocenters. The van der Waals surface area contributed by atoms with Crippen molar-refractivity contribution >= 4 is 21.7 Å². The van der Waals surface area contributed by atoms with Crippen LogP contribution in [0.5, 0.6) is 5.75 Å². The Bertz CT molecular complexity index is 649. The first-order valence-corrected chi connectivity index (χ1v) is 7.55. The molecule has 0 amide bonds. The minimum Gasteiger partial charge on any atom is -0.493 e. The van der Waals surface area contributed by atoms with Crippen LogP contribution in [0.4, 0.5) is 0 Å². The fraction of sp³-hybridized carbons (Fsp3) is 0.235. The highest BCUT2D eigenvalue weighted by Crippen LogP contribution is 2.29. The third-order valence-electron chi connectivity index (χ3n) is 3.49. The van der Waals surface area contributed by atoms with Crippen molar-refractivity contribution in [2.75, 3.05) is 6.61 Å². The van der Waals surface area contributed by atoms with E-state index in [1.54, 1.807) is 0 Å². The van der Waals surface area contributed by atoms with Crippen molar-refractivity contribution in [2.24, 2.45) is 0 Å². The van der Waals surface area contributed by atoms with Gasteiger partial charge >= 0.3 is 0 Å². The third-order valence-corrected chi connectivity index (χ3v) is 3.98. The lowest BCUT2D eigenvalue weighted by atomic mass is 9.97. The van der Waals surface area contributed by atoms with E-state index < -0.39 is 0 Å². The molecule has 0 radical (unpaired) electrons. The molecule has 0 spiro atoms. The summed E-state index contributed by atoms with van der Waals surface area (Å²) in [5.74, 6) is 0.903. The average Bonchev–Trinajstić information content (AvgIpc) is 2.46. The molecule has 1 aliphatic rings. The second-order valence-electron chi connectivity index (χ2n) is 4.98. The Kier molecular flexibility index (Phi) is 3.88. The topological polar surface area (TPSA) is 26.3 Å². The molecule has 2 aromatic carbocycles. The molecule has 3 rings (SSSR count). The number of carbonyl (C=O) groups is 1. The van der Waals surface area contributed by atoms with Crippen molar-refractivity contribution in [3.8, 4) is 5.75 Å². The summed E-state index contributed by atoms with van der Waals surface area (Å²) in [4.78, 5) is 12.5. The normalized spacial score (nSPS) is 13.4. The lowest BCUT2D eigenvalue weighted by Crippen LogP contribution is -2.14. The van der Waals surface area contributed by atoms with Crippen molar-refractivity contribution < 1.29 is 9.53 Å². The van der Waals surface area contributed by atoms with Gasteiger partial charge < -0.3 is 4.74 Å². The second-order valence-corrected chi connectivity index (χ2v) is 5.89. The lowest BCUT2D eigenvalue weighted by molar-refractivity contribution is 0.0988. The summed E-state index contributed by atoms with van der Waals surface area (Å²) in [7, 11) is 0. The van der Waals surface area contributed by atoms with Gasteiger partial charge in [0.05, 0.1) is 12.2 Å². The van der Waals surface area contributed by atoms with Crippen LogP contribution in [0.2, 0.25) is 0 Å². The van der Waals surface area contributed by atoms with Gasteiger partial charge in [-0.3, -0.25) is 4.79 Å². The molecule has 0 unspecified atom stereocenters. The maximum atomic E-state index is 12.5. The van der Waals surface area contributed by atoms with Gasteiger partial charge in [-0.2, -0.15) is 0 Å². The molecule has 0 saturated carbocycles. The smallest absolute Gasteiger partial charge is 0.170 e. The molecule has 0 aromatic heterocycles. The number of halogens is 1. The van der Waals surface area contributed by atoms with Crippen molar-refractivity contribution in [1.29, 1.82) is 0 Å². The number of ether oxygens (including phenoxy) is 1. The van der Waals surface area contributed by atoms with Crippen LogP contribution in [-0.2, 0) is 12.8 Å². The number of aryl methyl sites for hydroxylation is 1. The monoisotopic (exact) mass is 330 g/mol. The summed E-state index contributed by atoms with van der Waals surface area (Å²) in [6.45, 7) is 0.703. The number of fused-ring (bicyclic) bond motifs is 1. The number of benzene rings is 2. The Morgan fingerprint density at radius 1 is 1.20 bits per heavy atom. The molecule has 102 valence electrons. The zero-order chi connectivity index (χ0) is 13.9. The zero-order valence-electron chi connectivity index (χ0n) is 11.1. The van der Waals surface area contributed by atoms with E-state index in [1.165, 1.54) is 0 Å². The molecule has 0 bridgehead atoms. The van der Waals surface area contributed by atoms with Crippen LogP contribution in [0.3, 0.4) is 0 Å². The molecule has 0 fully saturated rings. The van der Waals surface area contributed by atoms with E-state index in [4.69, 9.17) is 4.74 Å². The molecule has 1 heterocycles. The largest absolute Gasteiger partial charge is 0.493 e. The quantitative estimate of drug-likeness (QED) is 0.788. The highest BCUT2D eigenvalue weighted by Gasteiger charge is 2.19. The van der Waals surface area contributed by atoms with E-state index in [2.05, 4.69) is 15.9 Å². The van der Waals surface area contributed by atoms with Crippen molar-refractivity contribution in [3.63, 3.8) is 0 Å². The van der Waals surface area contributed by atoms with Crippen LogP contribution in [0.15, 0.2) is 46.9 Å². The standard InChI is InChI=1S/C17H15BrO2/c18-14-7-1-4-12(10-14)11-16(19)15-8-2-5-13-6-3-9-20-17(13)15/h1-2,4-5,7-8,10H,3,6,9,11H2. The van der Waals surface area contributed by atoms with E-state index in [0.717, 1.165) is 34.2 Å². The van der Waals surface area contributed by atoms with Crippen molar-refractivity contribution in [3.05, 3.63) is 63.6 Å². The van der Waals surface area contributed by atoms with Crippen LogP contribution < -0.4 is 4.74 Å². The molecular weight excluding hydrogens is 316 g/mol. The first kappa shape index (κ1) is 13.4. The average molecular weight is 331 g/mol. The Morgan fingerprint density at radius 2 is 2.05 bits per heavy atom. The van der Waals surface area contributed by atoms with Gasteiger partial charge in [0.2, 0.25) is 0 Å². The number of ketones is 1. The number of rotatable bonds is 3. The number of hydrogen-bond acceptors (Lipinski definition) is 2. The third kappa shape index (κ3) is 2.78. The number of Topliss-reactive ketones (excluding diaryl/α,β-unsaturated/α-hetero) is 1. The maximum Gasteiger partial charge on any atom is 0.170 e. The first-order chi connectivity index (χ1) is 9.74. The fourth-order valence-electron chi connectivity index (χ4n) is 2.54. The molecule has 0 saturated heterocycles. The minimum absolute atomic E-state index is 0.113. The highest BCUT2D eigenvalue weighted by molar-refractivity contribution is 9.10. The summed E-state index contributed by atoms with van der Waals surface area (Å²) >= 11 is 3.43. The van der Waals surface area contributed by atoms with Crippen LogP contribution in [0.25, 0.3) is 0 Å². The summed E-state index contributed by atoms with van der Waals surface area (Å²) in [5, 5.41) is 0. The van der Waals surface area contributed by atoms with E-state index in [-0.39, 0.29) is 5.78 Å². The maximum absolute atomic E-state index is 12.5. The number of hydrogen-bond donors (Lipinski definition) is 0. The molecule has 0 aliphatic carbocycles. The molecule has 0 N–H and O–H groups in total. The number of carbonyl (C=O) groups excluding carboxylic acids is 1. The van der Waals surface area contributed by atoms with Gasteiger partial charge in [-0.15, -0.1) is 0 Å². The summed E-state index contributed by atoms with van der Waals surface area (Å²) < 4.78 is 6.70. The molecule has 2 aromatic rings. The Hall–Kier alpha value is -1.61. The Balaban J connectivity index is 1.88. The lowest BCUT2D eigenvalue weighted by Gasteiger charge is -2.19. The van der Waals surface area contributed by atoms with E-state index >= 15 is 0 Å². The predicted molar refractivity (Wildman–Crippen MR) is 82.4 cm³/mol. The van der Waals surface area contributed by atoms with Gasteiger partial charge in [0, 0.05) is 10.9 Å². The molecule has 3 heteroatoms. The van der Waals surface area contributed by atoms with Crippen LogP contribution in [-0.4, -0.2) is 12.4 Å². The SMILES string of the molecule is O=C(Cc1cccc(Br)c1)c1cccc2c1OCCC2. The van der Waals surface area contributed by atoms with Crippen molar-refractivity contribution in [1.82, 2.24) is 0 Å². The van der Waals surface area contributed by atoms with E-state index in [9.17, 15) is 4.79 Å². The highest BCUT2D eigenvalue weighted by atomic mass is 79.9. The molecular formula is C17H15BrO2. The Morgan fingerprint density at radius 3 is 2.90 bits per heavy atom. The van der Waals surface area contributed by atoms with E-state index in [0.29, 0.717) is 18.6 Å². The molecule has 1 aliphatic heterocycles. The summed E-state index contributed by atoms with van der Waals surface area (Å²) in [6.07, 6.45) is 2.42. The summed E-state index contributed by atoms with van der Waals surface area (Å²) in [6, 6.07) is 13.7. The van der Waals surface area contributed by atoms with Crippen LogP contribution in [0, 0.1) is 0 Å². The molecule has 20 heavy (non-hydrogen) atoms. The van der Waals surface area contributed by atoms with Gasteiger partial charge in [-0.05, 0) is 42.2 Å². The van der Waals surface area contributed by atoms with Gasteiger partial charge in [-0.1, -0.05) is 40.2 Å². The Labute approximate surface area is 126 Å². The van der Waals surface area contributed by atoms with Crippen LogP contribution in [0.1, 0.15) is 27.9 Å². The second kappa shape index (κ2) is 5.80. The number of para-hydroxylation sites is 1. The van der Waals surface area contributed by atoms with Gasteiger partial charge in [-0.25, -0.2) is 0 Å². The van der Waals surface area contributed by atoms with E-state index in [1.807, 2.05) is 42.5 Å². The fourth-order valence-corrected chi connectivity index (χ4v) is 2.98. The summed E-state index contributed by atoms with van der Waals surface area (Å²) in [5.41, 5.74) is 2.87. The van der Waals surface area contributed by atoms with Crippen molar-refractivity contribution in [2.45, 2.75) is 19.3 Å². The van der Waals surface area contributed by atoms with Gasteiger partial charge in [0.1, 0.15) is 5.75 Å². The molecule has 2 nitrogen and oxygen atoms in total. The van der Waals surface area contributed by atoms with Crippen LogP contribution >= 0.6 is 15.9 Å².